The normalized spacial score (nSPS) is 13.2. The summed E-state index contributed by atoms with van der Waals surface area (Å²) in [6, 6.07) is 19.1. The van der Waals surface area contributed by atoms with Crippen LogP contribution < -0.4 is 11.3 Å². The molecule has 0 aliphatic carbocycles. The van der Waals surface area contributed by atoms with Crippen molar-refractivity contribution in [3.8, 4) is 11.1 Å². The highest BCUT2D eigenvalue weighted by molar-refractivity contribution is 14.1. The third-order valence-corrected chi connectivity index (χ3v) is 7.15. The van der Waals surface area contributed by atoms with E-state index in [4.69, 9.17) is 22.3 Å². The minimum Gasteiger partial charge on any atom is -0.335 e. The zero-order chi connectivity index (χ0) is 24.0. The molecule has 0 amide bonds. The summed E-state index contributed by atoms with van der Waals surface area (Å²) in [7, 11) is 3.66. The van der Waals surface area contributed by atoms with Gasteiger partial charge >= 0.3 is 0 Å². The SMILES string of the molecule is Cn1cncc1[C@@](N)(c1ccc(I)cc1)c1cc2c(-c3cccc(Cl)c3)cc(=O)n(C)c2cn1. The van der Waals surface area contributed by atoms with Crippen LogP contribution in [-0.4, -0.2) is 19.1 Å². The second kappa shape index (κ2) is 8.65. The lowest BCUT2D eigenvalue weighted by atomic mass is 9.83. The van der Waals surface area contributed by atoms with E-state index in [1.807, 2.05) is 66.2 Å². The molecule has 0 aliphatic heterocycles. The number of benzene rings is 2. The van der Waals surface area contributed by atoms with E-state index in [0.29, 0.717) is 16.2 Å². The van der Waals surface area contributed by atoms with Gasteiger partial charge in [-0.3, -0.25) is 9.78 Å². The number of halogens is 2. The number of aryl methyl sites for hydroxylation is 2. The third-order valence-electron chi connectivity index (χ3n) is 6.19. The lowest BCUT2D eigenvalue weighted by Gasteiger charge is -2.30. The van der Waals surface area contributed by atoms with Crippen LogP contribution in [0.1, 0.15) is 17.0 Å². The van der Waals surface area contributed by atoms with E-state index in [1.165, 1.54) is 0 Å². The van der Waals surface area contributed by atoms with Gasteiger partial charge in [-0.1, -0.05) is 35.9 Å². The van der Waals surface area contributed by atoms with Gasteiger partial charge in [-0.2, -0.15) is 0 Å². The Kier molecular flexibility index (Phi) is 5.79. The molecule has 0 fully saturated rings. The van der Waals surface area contributed by atoms with Crippen molar-refractivity contribution < 1.29 is 0 Å². The first-order valence-electron chi connectivity index (χ1n) is 10.6. The van der Waals surface area contributed by atoms with Crippen molar-refractivity contribution >= 4 is 45.1 Å². The molecule has 0 saturated carbocycles. The second-order valence-corrected chi connectivity index (χ2v) is 9.94. The quantitative estimate of drug-likeness (QED) is 0.308. The van der Waals surface area contributed by atoms with Gasteiger partial charge in [-0.15, -0.1) is 0 Å². The maximum Gasteiger partial charge on any atom is 0.251 e. The Morgan fingerprint density at radius 1 is 1.03 bits per heavy atom. The fourth-order valence-corrected chi connectivity index (χ4v) is 4.89. The largest absolute Gasteiger partial charge is 0.335 e. The average molecular weight is 582 g/mol. The summed E-state index contributed by atoms with van der Waals surface area (Å²) < 4.78 is 4.61. The molecule has 3 aromatic heterocycles. The number of nitrogens with zero attached hydrogens (tertiary/aromatic N) is 4. The minimum absolute atomic E-state index is 0.125. The molecule has 0 radical (unpaired) electrons. The first kappa shape index (κ1) is 22.8. The highest BCUT2D eigenvalue weighted by Crippen LogP contribution is 2.36. The molecule has 1 atom stereocenters. The van der Waals surface area contributed by atoms with E-state index in [-0.39, 0.29) is 5.56 Å². The molecule has 34 heavy (non-hydrogen) atoms. The first-order chi connectivity index (χ1) is 16.3. The van der Waals surface area contributed by atoms with E-state index >= 15 is 0 Å². The topological polar surface area (TPSA) is 78.7 Å². The third kappa shape index (κ3) is 3.73. The van der Waals surface area contributed by atoms with E-state index in [2.05, 4.69) is 27.6 Å². The Bertz CT molecular complexity index is 1590. The number of nitrogens with two attached hydrogens (primary N) is 1. The van der Waals surface area contributed by atoms with E-state index < -0.39 is 5.54 Å². The van der Waals surface area contributed by atoms with Gasteiger partial charge in [0.15, 0.2) is 0 Å². The summed E-state index contributed by atoms with van der Waals surface area (Å²) in [6.07, 6.45) is 5.21. The van der Waals surface area contributed by atoms with Crippen LogP contribution in [0.3, 0.4) is 0 Å². The van der Waals surface area contributed by atoms with Gasteiger partial charge in [-0.25, -0.2) is 4.98 Å². The molecule has 0 aliphatic rings. The molecule has 5 rings (SSSR count). The number of hydrogen-bond acceptors (Lipinski definition) is 4. The highest BCUT2D eigenvalue weighted by Gasteiger charge is 2.36. The molecule has 2 N–H and O–H groups in total. The molecular weight excluding hydrogens is 561 g/mol. The Labute approximate surface area is 215 Å². The van der Waals surface area contributed by atoms with Crippen molar-refractivity contribution in [1.82, 2.24) is 19.1 Å². The van der Waals surface area contributed by atoms with Crippen molar-refractivity contribution in [3.63, 3.8) is 0 Å². The van der Waals surface area contributed by atoms with Gasteiger partial charge in [0.05, 0.1) is 35.6 Å². The number of aromatic nitrogens is 4. The fraction of sp³-hybridized carbons (Fsp3) is 0.115. The summed E-state index contributed by atoms with van der Waals surface area (Å²) in [4.78, 5) is 21.8. The zero-order valence-corrected chi connectivity index (χ0v) is 21.4. The maximum atomic E-state index is 12.7. The van der Waals surface area contributed by atoms with Crippen molar-refractivity contribution in [2.45, 2.75) is 5.54 Å². The van der Waals surface area contributed by atoms with Crippen LogP contribution in [-0.2, 0) is 19.6 Å². The Hall–Kier alpha value is -3.01. The summed E-state index contributed by atoms with van der Waals surface area (Å²) >= 11 is 8.55. The molecule has 0 spiro atoms. The van der Waals surface area contributed by atoms with Gasteiger partial charge in [0.1, 0.15) is 5.54 Å². The molecule has 8 heteroatoms. The lowest BCUT2D eigenvalue weighted by molar-refractivity contribution is 0.579. The fourth-order valence-electron chi connectivity index (χ4n) is 4.34. The standard InChI is InChI=1S/C26H21ClIN5O/c1-32-15-30-14-24(32)26(29,17-6-8-19(28)9-7-17)23-11-21-20(16-4-3-5-18(27)10-16)12-25(34)33(2)22(21)13-31-23/h3-15H,29H2,1-2H3/t26-/m1/s1. The Morgan fingerprint density at radius 2 is 1.79 bits per heavy atom. The maximum absolute atomic E-state index is 12.7. The Morgan fingerprint density at radius 3 is 2.47 bits per heavy atom. The molecule has 0 unspecified atom stereocenters. The van der Waals surface area contributed by atoms with Crippen molar-refractivity contribution in [2.75, 3.05) is 0 Å². The molecule has 6 nitrogen and oxygen atoms in total. The monoisotopic (exact) mass is 581 g/mol. The molecule has 0 bridgehead atoms. The van der Waals surface area contributed by atoms with Crippen molar-refractivity contribution in [1.29, 1.82) is 0 Å². The van der Waals surface area contributed by atoms with E-state index in [0.717, 1.165) is 31.3 Å². The van der Waals surface area contributed by atoms with E-state index in [9.17, 15) is 4.79 Å². The highest BCUT2D eigenvalue weighted by atomic mass is 127. The van der Waals surface area contributed by atoms with Gasteiger partial charge in [-0.05, 0) is 69.6 Å². The molecule has 3 heterocycles. The lowest BCUT2D eigenvalue weighted by Crippen LogP contribution is -2.41. The smallest absolute Gasteiger partial charge is 0.251 e. The molecule has 170 valence electrons. The number of rotatable bonds is 4. The van der Waals surface area contributed by atoms with E-state index in [1.54, 1.807) is 36.4 Å². The number of pyridine rings is 2. The average Bonchev–Trinajstić information content (AvgIpc) is 3.27. The molecule has 5 aromatic rings. The predicted octanol–water partition coefficient (Wildman–Crippen LogP) is 4.84. The number of fused-ring (bicyclic) bond motifs is 1. The summed E-state index contributed by atoms with van der Waals surface area (Å²) in [5.41, 5.74) is 10.7. The first-order valence-corrected chi connectivity index (χ1v) is 12.0. The summed E-state index contributed by atoms with van der Waals surface area (Å²) in [5.74, 6) is 0. The van der Waals surface area contributed by atoms with Crippen LogP contribution in [0.5, 0.6) is 0 Å². The van der Waals surface area contributed by atoms with Crippen LogP contribution in [0.2, 0.25) is 5.02 Å². The minimum atomic E-state index is -1.07. The van der Waals surface area contributed by atoms with Gasteiger partial charge < -0.3 is 14.9 Å². The van der Waals surface area contributed by atoms with Crippen molar-refractivity contribution in [2.24, 2.45) is 19.8 Å². The number of imidazole rings is 1. The van der Waals surface area contributed by atoms with Gasteiger partial charge in [0.2, 0.25) is 0 Å². The summed E-state index contributed by atoms with van der Waals surface area (Å²) in [6.45, 7) is 0. The van der Waals surface area contributed by atoms with Gasteiger partial charge in [0, 0.05) is 34.1 Å². The zero-order valence-electron chi connectivity index (χ0n) is 18.5. The van der Waals surface area contributed by atoms with Crippen LogP contribution in [0.4, 0.5) is 0 Å². The predicted molar refractivity (Wildman–Crippen MR) is 144 cm³/mol. The number of hydrogen-bond donors (Lipinski definition) is 1. The molecule has 0 saturated heterocycles. The molecule has 2 aromatic carbocycles. The second-order valence-electron chi connectivity index (χ2n) is 8.26. The van der Waals surface area contributed by atoms with Crippen LogP contribution >= 0.6 is 34.2 Å². The van der Waals surface area contributed by atoms with Gasteiger partial charge in [0.25, 0.3) is 5.56 Å². The van der Waals surface area contributed by atoms with Crippen LogP contribution in [0, 0.1) is 3.57 Å². The van der Waals surface area contributed by atoms with Crippen LogP contribution in [0.15, 0.2) is 84.2 Å². The van der Waals surface area contributed by atoms with Crippen molar-refractivity contribution in [3.05, 3.63) is 115 Å². The van der Waals surface area contributed by atoms with Crippen LogP contribution in [0.25, 0.3) is 22.0 Å². The molecular formula is C26H21ClIN5O. The Balaban J connectivity index is 1.84. The summed E-state index contributed by atoms with van der Waals surface area (Å²) in [5, 5.41) is 1.46.